The third-order valence-electron chi connectivity index (χ3n) is 8.64. The van der Waals surface area contributed by atoms with Crippen LogP contribution in [-0.4, -0.2) is 24.6 Å². The Labute approximate surface area is 218 Å². The van der Waals surface area contributed by atoms with E-state index in [1.54, 1.807) is 0 Å². The summed E-state index contributed by atoms with van der Waals surface area (Å²) in [5.74, 6) is 7.01. The van der Waals surface area contributed by atoms with Crippen molar-refractivity contribution in [2.45, 2.75) is 16.8 Å². The summed E-state index contributed by atoms with van der Waals surface area (Å²) in [6.45, 7) is 0. The Hall–Kier alpha value is -3.11. The average Bonchev–Trinajstić information content (AvgIpc) is 3.54. The molecule has 1 saturated carbocycles. The van der Waals surface area contributed by atoms with E-state index < -0.39 is 18.4 Å². The summed E-state index contributed by atoms with van der Waals surface area (Å²) >= 11 is -3.69. The molecule has 2 aliphatic rings. The van der Waals surface area contributed by atoms with Gasteiger partial charge in [-0.2, -0.15) is 0 Å². The quantitative estimate of drug-likeness (QED) is 0.110. The number of hydrogen-bond acceptors (Lipinski definition) is 2. The molecule has 0 amide bonds. The van der Waals surface area contributed by atoms with Crippen LogP contribution in [0.4, 0.5) is 0 Å². The molecule has 0 heterocycles. The van der Waals surface area contributed by atoms with E-state index in [9.17, 15) is 0 Å². The summed E-state index contributed by atoms with van der Waals surface area (Å²) in [6, 6.07) is 45.2. The molecule has 0 radical (unpaired) electrons. The first-order valence-corrected chi connectivity index (χ1v) is 18.8. The Morgan fingerprint density at radius 3 is 1.64 bits per heavy atom. The first-order valence-electron chi connectivity index (χ1n) is 12.9. The van der Waals surface area contributed by atoms with Gasteiger partial charge in [0.1, 0.15) is 0 Å². The number of benzene rings is 4. The first kappa shape index (κ1) is 23.3. The molecule has 178 valence electrons. The van der Waals surface area contributed by atoms with Crippen molar-refractivity contribution in [3.63, 3.8) is 0 Å². The molecule has 2 N–H and O–H groups in total. The normalized spacial score (nSPS) is 24.9. The van der Waals surface area contributed by atoms with Crippen LogP contribution in [0.15, 0.2) is 139 Å². The summed E-state index contributed by atoms with van der Waals surface area (Å²) in [6.07, 6.45) is 9.26. The van der Waals surface area contributed by atoms with E-state index >= 15 is 0 Å². The van der Waals surface area contributed by atoms with Crippen LogP contribution in [0.25, 0.3) is 0 Å². The van der Waals surface area contributed by atoms with Crippen LogP contribution in [0.5, 0.6) is 0 Å². The van der Waals surface area contributed by atoms with E-state index in [1.807, 2.05) is 0 Å². The zero-order valence-corrected chi connectivity index (χ0v) is 23.3. The second kappa shape index (κ2) is 9.74. The zero-order valence-electron chi connectivity index (χ0n) is 20.4. The van der Waals surface area contributed by atoms with Gasteiger partial charge in [0.2, 0.25) is 0 Å². The van der Waals surface area contributed by atoms with Crippen LogP contribution in [-0.2, 0) is 6.42 Å². The minimum atomic E-state index is -3.69. The van der Waals surface area contributed by atoms with Gasteiger partial charge >= 0.3 is 219 Å². The van der Waals surface area contributed by atoms with Crippen LogP contribution in [0, 0.1) is 17.3 Å². The molecule has 0 spiro atoms. The molecule has 3 heteroatoms. The number of nitrogens with zero attached hydrogens (tertiary/aromatic N) is 1. The Morgan fingerprint density at radius 1 is 0.694 bits per heavy atom. The number of nitrogens with two attached hydrogens (primary N) is 1. The van der Waals surface area contributed by atoms with Gasteiger partial charge in [0.05, 0.1) is 0 Å². The topological polar surface area (TPSA) is 38.4 Å². The van der Waals surface area contributed by atoms with E-state index in [2.05, 4.69) is 145 Å². The summed E-state index contributed by atoms with van der Waals surface area (Å²) in [5, 5.41) is 4.32. The van der Waals surface area contributed by atoms with Crippen molar-refractivity contribution in [1.82, 2.24) is 0 Å². The van der Waals surface area contributed by atoms with E-state index in [0.717, 1.165) is 6.42 Å². The molecular weight excluding hydrogens is 543 g/mol. The predicted molar refractivity (Wildman–Crippen MR) is 154 cm³/mol. The van der Waals surface area contributed by atoms with Gasteiger partial charge in [-0.15, -0.1) is 0 Å². The number of hydrazone groups is 1. The summed E-state index contributed by atoms with van der Waals surface area (Å²) < 4.78 is 5.02. The van der Waals surface area contributed by atoms with Crippen LogP contribution in [0.3, 0.4) is 0 Å². The van der Waals surface area contributed by atoms with Gasteiger partial charge in [-0.25, -0.2) is 0 Å². The van der Waals surface area contributed by atoms with Gasteiger partial charge in [-0.3, -0.25) is 0 Å². The molecule has 2 nitrogen and oxygen atoms in total. The van der Waals surface area contributed by atoms with Gasteiger partial charge in [0.25, 0.3) is 0 Å². The maximum atomic E-state index is 6.07. The average molecular weight is 575 g/mol. The summed E-state index contributed by atoms with van der Waals surface area (Å²) in [7, 11) is 0. The molecular formula is C33H32N2Sn. The van der Waals surface area contributed by atoms with Crippen LogP contribution < -0.4 is 16.6 Å². The van der Waals surface area contributed by atoms with E-state index in [0.29, 0.717) is 15.8 Å². The molecule has 0 aromatic heterocycles. The summed E-state index contributed by atoms with van der Waals surface area (Å²) in [5.41, 5.74) is 1.23. The maximum absolute atomic E-state index is 6.07. The van der Waals surface area contributed by atoms with Gasteiger partial charge in [0.15, 0.2) is 0 Å². The molecule has 2 aliphatic carbocycles. The van der Waals surface area contributed by atoms with Crippen molar-refractivity contribution in [2.75, 3.05) is 0 Å². The van der Waals surface area contributed by atoms with Crippen LogP contribution in [0.2, 0.25) is 3.93 Å². The van der Waals surface area contributed by atoms with Gasteiger partial charge < -0.3 is 0 Å². The number of fused-ring (bicyclic) bond motifs is 2. The standard InChI is InChI=1S/C15H17N2.3C6H5.Sn/c16-17-11-15(9-12-4-2-1-3-5-12)10-13-6-7-14(15)8-13;3*1-2-4-6-5-3-1;/h1-7,10-11,13-14H,8-9,16H2;3*1-5H;/b17-11+;;;;/t13-,14+,15-;;;;/m0..../s1. The second-order valence-electron chi connectivity index (χ2n) is 10.3. The van der Waals surface area contributed by atoms with Gasteiger partial charge in [-0.05, 0) is 0 Å². The SMILES string of the molecule is N/N=C/[C@@]1(Cc2ccccc2)[C@@H]2C=C[C@@H](C2)[C@H]1[Sn]([c]1ccccc1)([c]1ccccc1)[c]1ccccc1. The zero-order chi connectivity index (χ0) is 24.4. The Bertz CT molecular complexity index is 1260. The minimum absolute atomic E-state index is 0.132. The second-order valence-corrected chi connectivity index (χ2v) is 21.7. The fourth-order valence-corrected chi connectivity index (χ4v) is 25.5. The van der Waals surface area contributed by atoms with Crippen molar-refractivity contribution < 1.29 is 0 Å². The number of allylic oxidation sites excluding steroid dienone is 2. The van der Waals surface area contributed by atoms with Crippen LogP contribution in [0.1, 0.15) is 12.0 Å². The third kappa shape index (κ3) is 3.65. The van der Waals surface area contributed by atoms with Crippen molar-refractivity contribution in [1.29, 1.82) is 0 Å². The molecule has 0 unspecified atom stereocenters. The number of rotatable bonds is 7. The Morgan fingerprint density at radius 2 is 1.17 bits per heavy atom. The Kier molecular flexibility index (Phi) is 6.30. The van der Waals surface area contributed by atoms with E-state index in [4.69, 9.17) is 5.84 Å². The predicted octanol–water partition coefficient (Wildman–Crippen LogP) is 4.91. The summed E-state index contributed by atoms with van der Waals surface area (Å²) in [4.78, 5) is 0. The molecule has 0 saturated heterocycles. The van der Waals surface area contributed by atoms with E-state index in [-0.39, 0.29) is 5.41 Å². The Balaban J connectivity index is 1.69. The van der Waals surface area contributed by atoms with E-state index in [1.165, 1.54) is 22.7 Å². The molecule has 36 heavy (non-hydrogen) atoms. The molecule has 2 bridgehead atoms. The molecule has 4 aromatic carbocycles. The number of hydrogen-bond donors (Lipinski definition) is 1. The van der Waals surface area contributed by atoms with Crippen molar-refractivity contribution in [2.24, 2.45) is 28.2 Å². The van der Waals surface area contributed by atoms with Crippen molar-refractivity contribution >= 4 is 35.3 Å². The molecule has 4 atom stereocenters. The van der Waals surface area contributed by atoms with Gasteiger partial charge in [0, 0.05) is 0 Å². The monoisotopic (exact) mass is 576 g/mol. The van der Waals surface area contributed by atoms with Crippen molar-refractivity contribution in [3.8, 4) is 0 Å². The fraction of sp³-hybridized carbons (Fsp3) is 0.182. The molecule has 4 aromatic rings. The fourth-order valence-electron chi connectivity index (χ4n) is 7.42. The third-order valence-corrected chi connectivity index (χ3v) is 24.7. The molecule has 1 fully saturated rings. The first-order chi connectivity index (χ1) is 17.8. The van der Waals surface area contributed by atoms with Gasteiger partial charge in [-0.1, -0.05) is 0 Å². The molecule has 6 rings (SSSR count). The van der Waals surface area contributed by atoms with Crippen LogP contribution >= 0.6 is 0 Å². The van der Waals surface area contributed by atoms with Crippen molar-refractivity contribution in [3.05, 3.63) is 139 Å². The molecule has 0 aliphatic heterocycles.